The first-order valence-electron chi connectivity index (χ1n) is 8.54. The van der Waals surface area contributed by atoms with Crippen molar-refractivity contribution >= 4 is 51.8 Å². The molecule has 1 N–H and O–H groups in total. The Morgan fingerprint density at radius 3 is 2.47 bits per heavy atom. The number of rotatable bonds is 6. The van der Waals surface area contributed by atoms with E-state index in [4.69, 9.17) is 4.74 Å². The molecule has 1 heterocycles. The van der Waals surface area contributed by atoms with E-state index in [1.807, 2.05) is 0 Å². The molecule has 0 saturated carbocycles. The third-order valence-electron chi connectivity index (χ3n) is 4.06. The molecular weight excluding hydrogens is 479 g/mol. The van der Waals surface area contributed by atoms with Crippen LogP contribution in [0.15, 0.2) is 41.3 Å². The molecule has 10 heteroatoms. The van der Waals surface area contributed by atoms with Crippen molar-refractivity contribution in [3.05, 3.63) is 64.1 Å². The molecule has 3 rings (SSSR count). The summed E-state index contributed by atoms with van der Waals surface area (Å²) in [5.74, 6) is -3.32. The molecule has 6 nitrogen and oxygen atoms in total. The quantitative estimate of drug-likeness (QED) is 0.375. The summed E-state index contributed by atoms with van der Waals surface area (Å²) in [6.07, 6.45) is 1.50. The number of hydrogen-bond acceptors (Lipinski definition) is 6. The Kier molecular flexibility index (Phi) is 6.94. The molecule has 2 amide bonds. The molecule has 0 aliphatic carbocycles. The van der Waals surface area contributed by atoms with Gasteiger partial charge in [-0.25, -0.2) is 0 Å². The second-order valence-electron chi connectivity index (χ2n) is 6.12. The van der Waals surface area contributed by atoms with Gasteiger partial charge in [0.2, 0.25) is 0 Å². The van der Waals surface area contributed by atoms with Gasteiger partial charge in [-0.05, 0) is 11.8 Å². The van der Waals surface area contributed by atoms with E-state index in [1.165, 1.54) is 37.5 Å². The van der Waals surface area contributed by atoms with Gasteiger partial charge in [-0.3, -0.25) is 14.9 Å². The molecule has 2 radical (unpaired) electrons. The van der Waals surface area contributed by atoms with Gasteiger partial charge in [-0.1, -0.05) is 0 Å². The molecule has 1 aliphatic rings. The Hall–Kier alpha value is -2.64. The van der Waals surface area contributed by atoms with Crippen LogP contribution in [-0.4, -0.2) is 41.1 Å². The van der Waals surface area contributed by atoms with Crippen LogP contribution < -0.4 is 10.1 Å². The summed E-state index contributed by atoms with van der Waals surface area (Å²) >= 11 is 2.86. The molecule has 2 aromatic rings. The van der Waals surface area contributed by atoms with E-state index in [0.29, 0.717) is 5.56 Å². The van der Waals surface area contributed by atoms with Gasteiger partial charge in [-0.2, -0.15) is 0 Å². The molecule has 1 aliphatic heterocycles. The van der Waals surface area contributed by atoms with Gasteiger partial charge < -0.3 is 0 Å². The van der Waals surface area contributed by atoms with E-state index < -0.39 is 33.5 Å². The average molecular weight is 493 g/mol. The maximum atomic E-state index is 14.4. The fraction of sp³-hybridized carbons (Fsp3) is 0.150. The number of halogens is 2. The average Bonchev–Trinajstić information content (AvgIpc) is 3.04. The molecule has 0 spiro atoms. The van der Waals surface area contributed by atoms with Crippen LogP contribution in [0, 0.1) is 11.6 Å². The number of thioether (sulfide) groups is 1. The van der Waals surface area contributed by atoms with Crippen molar-refractivity contribution < 1.29 is 32.6 Å². The monoisotopic (exact) mass is 493 g/mol. The second kappa shape index (κ2) is 9.45. The van der Waals surface area contributed by atoms with Crippen molar-refractivity contribution in [1.29, 1.82) is 0 Å². The molecular formula is C20H14AsF2NO5S. The molecule has 0 aromatic heterocycles. The Morgan fingerprint density at radius 2 is 1.87 bits per heavy atom. The fourth-order valence-corrected chi connectivity index (χ4v) is 3.88. The number of carbonyl (C=O) groups excluding carboxylic acids is 3. The van der Waals surface area contributed by atoms with Crippen LogP contribution >= 0.6 is 11.8 Å². The first-order valence-corrected chi connectivity index (χ1v) is 10.4. The summed E-state index contributed by atoms with van der Waals surface area (Å²) in [5, 5.41) is 1.72. The van der Waals surface area contributed by atoms with E-state index in [9.17, 15) is 23.2 Å². The van der Waals surface area contributed by atoms with Gasteiger partial charge in [0, 0.05) is 0 Å². The molecule has 1 unspecified atom stereocenters. The van der Waals surface area contributed by atoms with Gasteiger partial charge in [0.25, 0.3) is 11.1 Å². The van der Waals surface area contributed by atoms with E-state index >= 15 is 0 Å². The van der Waals surface area contributed by atoms with E-state index in [1.54, 1.807) is 12.1 Å². The Labute approximate surface area is 183 Å². The summed E-state index contributed by atoms with van der Waals surface area (Å²) < 4.78 is 38.1. The number of nitrogens with one attached hydrogen (secondary N) is 1. The third kappa shape index (κ3) is 5.09. The summed E-state index contributed by atoms with van der Waals surface area (Å²) in [5.41, 5.74) is 0.659. The molecule has 1 fully saturated rings. The second-order valence-corrected chi connectivity index (χ2v) is 8.44. The molecule has 154 valence electrons. The minimum atomic E-state index is -1.17. The molecule has 1 saturated heterocycles. The summed E-state index contributed by atoms with van der Waals surface area (Å²) in [7, 11) is 1.22. The summed E-state index contributed by atoms with van der Waals surface area (Å²) in [6.45, 7) is 0. The number of benzene rings is 2. The Bertz CT molecular complexity index is 1040. The van der Waals surface area contributed by atoms with Crippen molar-refractivity contribution in [2.45, 2.75) is 11.1 Å². The first-order chi connectivity index (χ1) is 14.3. The summed E-state index contributed by atoms with van der Waals surface area (Å²) in [4.78, 5) is 34.5. The summed E-state index contributed by atoms with van der Waals surface area (Å²) in [6, 6.07) is 8.89. The molecule has 2 aromatic carbocycles. The van der Waals surface area contributed by atoms with E-state index in [0.717, 1.165) is 11.8 Å². The minimum absolute atomic E-state index is 0.0275. The van der Waals surface area contributed by atoms with Gasteiger partial charge >= 0.3 is 141 Å². The number of esters is 1. The van der Waals surface area contributed by atoms with E-state index in [2.05, 4.69) is 26.9 Å². The zero-order valence-electron chi connectivity index (χ0n) is 15.5. The number of methoxy groups -OCH3 is 1. The number of amides is 2. The SMILES string of the molecule is COC(=O)C([As])Cc1ccc(Oc2ccc(/C=C3/SC(=O)NC3=O)cc2)c(F)c1F. The molecule has 0 bridgehead atoms. The van der Waals surface area contributed by atoms with Gasteiger partial charge in [0.15, 0.2) is 0 Å². The molecule has 1 atom stereocenters. The molecule has 30 heavy (non-hydrogen) atoms. The zero-order valence-corrected chi connectivity index (χ0v) is 18.2. The maximum absolute atomic E-state index is 14.4. The van der Waals surface area contributed by atoms with Gasteiger partial charge in [0.1, 0.15) is 0 Å². The number of hydrogen-bond donors (Lipinski definition) is 1. The van der Waals surface area contributed by atoms with Crippen molar-refractivity contribution in [1.82, 2.24) is 5.32 Å². The Morgan fingerprint density at radius 1 is 1.17 bits per heavy atom. The van der Waals surface area contributed by atoms with Gasteiger partial charge in [-0.15, -0.1) is 0 Å². The zero-order chi connectivity index (χ0) is 21.8. The van der Waals surface area contributed by atoms with Crippen molar-refractivity contribution in [3.63, 3.8) is 0 Å². The first kappa shape index (κ1) is 22.1. The normalized spacial score (nSPS) is 15.8. The predicted octanol–water partition coefficient (Wildman–Crippen LogP) is 3.75. The van der Waals surface area contributed by atoms with E-state index in [-0.39, 0.29) is 28.4 Å². The van der Waals surface area contributed by atoms with Crippen LogP contribution in [-0.2, 0) is 20.7 Å². The number of carbonyl (C=O) groups is 3. The number of ether oxygens (including phenoxy) is 2. The standard InChI is InChI=1S/C20H14AsF2NO5S/c1-28-19(26)13(21)9-11-4-7-14(17(23)16(11)22)29-12-5-2-10(3-6-12)8-15-18(25)24-20(27)30-15/h2-8,13H,9H2,1H3,(H,24,25,27)/b15-8+. The van der Waals surface area contributed by atoms with Crippen LogP contribution in [0.2, 0.25) is 4.71 Å². The van der Waals surface area contributed by atoms with Gasteiger partial charge in [0.05, 0.1) is 4.91 Å². The topological polar surface area (TPSA) is 81.7 Å². The van der Waals surface area contributed by atoms with Crippen molar-refractivity contribution in [2.24, 2.45) is 0 Å². The van der Waals surface area contributed by atoms with Crippen LogP contribution in [0.5, 0.6) is 11.5 Å². The van der Waals surface area contributed by atoms with Crippen LogP contribution in [0.4, 0.5) is 13.6 Å². The van der Waals surface area contributed by atoms with Crippen molar-refractivity contribution in [3.8, 4) is 11.5 Å². The van der Waals surface area contributed by atoms with Crippen LogP contribution in [0.25, 0.3) is 6.08 Å². The number of imide groups is 1. The predicted molar refractivity (Wildman–Crippen MR) is 107 cm³/mol. The van der Waals surface area contributed by atoms with Crippen molar-refractivity contribution in [2.75, 3.05) is 7.11 Å². The van der Waals surface area contributed by atoms with Crippen LogP contribution in [0.1, 0.15) is 11.1 Å². The van der Waals surface area contributed by atoms with Crippen LogP contribution in [0.3, 0.4) is 0 Å². The third-order valence-corrected chi connectivity index (χ3v) is 5.70. The fourth-order valence-electron chi connectivity index (χ4n) is 2.57. The Balaban J connectivity index is 1.73.